The molecule has 0 saturated carbocycles. The molecule has 1 aromatic heterocycles. The zero-order chi connectivity index (χ0) is 25.0. The maximum Gasteiger partial charge on any atom is 0.175 e. The summed E-state index contributed by atoms with van der Waals surface area (Å²) in [5.74, 6) is 0.971. The van der Waals surface area contributed by atoms with E-state index in [2.05, 4.69) is 27.4 Å². The smallest absolute Gasteiger partial charge is 0.175 e. The van der Waals surface area contributed by atoms with Crippen LogP contribution in [-0.2, 0) is 10.5 Å². The first-order chi connectivity index (χ1) is 16.7. The van der Waals surface area contributed by atoms with Gasteiger partial charge in [-0.3, -0.25) is 9.11 Å². The molecule has 1 aliphatic rings. The number of rotatable bonds is 6. The van der Waals surface area contributed by atoms with Crippen molar-refractivity contribution in [2.45, 2.75) is 18.7 Å². The average molecular weight is 518 g/mol. The van der Waals surface area contributed by atoms with Gasteiger partial charge in [-0.05, 0) is 67.7 Å². The van der Waals surface area contributed by atoms with Gasteiger partial charge in [0.2, 0.25) is 0 Å². The highest BCUT2D eigenvalue weighted by Gasteiger charge is 2.22. The summed E-state index contributed by atoms with van der Waals surface area (Å²) in [4.78, 5) is 11.5. The summed E-state index contributed by atoms with van der Waals surface area (Å²) in [6.07, 6.45) is 1.41. The third-order valence-electron chi connectivity index (χ3n) is 5.35. The Morgan fingerprint density at radius 2 is 1.74 bits per heavy atom. The molecule has 0 aliphatic carbocycles. The zero-order valence-corrected chi connectivity index (χ0v) is 21.1. The second-order valence-corrected chi connectivity index (χ2v) is 11.1. The number of hydrogen-bond acceptors (Lipinski definition) is 7. The minimum Gasteiger partial charge on any atom is -0.377 e. The van der Waals surface area contributed by atoms with Crippen molar-refractivity contribution in [1.29, 1.82) is 0 Å². The van der Waals surface area contributed by atoms with Crippen LogP contribution in [0, 0.1) is 5.82 Å². The van der Waals surface area contributed by atoms with E-state index < -0.39 is 10.6 Å². The van der Waals surface area contributed by atoms with E-state index in [9.17, 15) is 13.5 Å². The van der Waals surface area contributed by atoms with Crippen molar-refractivity contribution < 1.29 is 18.2 Å². The first-order valence-electron chi connectivity index (χ1n) is 11.0. The summed E-state index contributed by atoms with van der Waals surface area (Å²) >= 11 is 5.34. The molecule has 0 spiro atoms. The van der Waals surface area contributed by atoms with E-state index in [0.717, 1.165) is 17.1 Å². The molecule has 8 nitrogen and oxygen atoms in total. The molecule has 0 unspecified atom stereocenters. The van der Waals surface area contributed by atoms with Gasteiger partial charge in [0.05, 0.1) is 30.7 Å². The molecule has 0 amide bonds. The Morgan fingerprint density at radius 3 is 2.34 bits per heavy atom. The molecule has 0 radical (unpaired) electrons. The number of halogens is 1. The predicted octanol–water partition coefficient (Wildman–Crippen LogP) is 5.20. The summed E-state index contributed by atoms with van der Waals surface area (Å²) in [6, 6.07) is 15.3. The van der Waals surface area contributed by atoms with Crippen LogP contribution in [0.25, 0.3) is 11.4 Å². The molecule has 1 atom stereocenters. The summed E-state index contributed by atoms with van der Waals surface area (Å²) in [5, 5.41) is 6.48. The van der Waals surface area contributed by atoms with Crippen LogP contribution >= 0.6 is 22.8 Å². The van der Waals surface area contributed by atoms with Gasteiger partial charge in [0.1, 0.15) is 11.6 Å². The maximum absolute atomic E-state index is 13.1. The molecule has 186 valence electrons. The summed E-state index contributed by atoms with van der Waals surface area (Å²) in [6.45, 7) is 3.97. The fourth-order valence-corrected chi connectivity index (χ4v) is 4.65. The van der Waals surface area contributed by atoms with Crippen molar-refractivity contribution in [3.8, 4) is 11.4 Å². The number of benzene rings is 2. The lowest BCUT2D eigenvalue weighted by molar-refractivity contribution is 0.0985. The number of aromatic nitrogens is 2. The first kappa shape index (κ1) is 25.3. The van der Waals surface area contributed by atoms with E-state index in [1.54, 1.807) is 12.1 Å². The molecule has 4 N–H and O–H groups in total. The standard InChI is InChI=1S/C24H28FN5O3S2/c1-16-14-33-12-11-30(16)22-13-21(15-35(2,31)32)26-23(29-22)17-3-7-19(8-4-17)27-24(34)28-20-9-5-18(25)6-10-20/h3-10,13,16,31-32H,11-12,14-15H2,1-2H3,(H2,27,28,34)/t16-/m0/s1. The molecular weight excluding hydrogens is 489 g/mol. The van der Waals surface area contributed by atoms with Crippen LogP contribution in [0.4, 0.5) is 21.6 Å². The fraction of sp³-hybridized carbons (Fsp3) is 0.292. The first-order valence-corrected chi connectivity index (χ1v) is 13.6. The summed E-state index contributed by atoms with van der Waals surface area (Å²) in [7, 11) is -2.77. The Hall–Kier alpha value is -2.83. The van der Waals surface area contributed by atoms with Crippen molar-refractivity contribution >= 4 is 45.1 Å². The topological polar surface area (TPSA) is 103 Å². The second-order valence-electron chi connectivity index (χ2n) is 8.46. The highest BCUT2D eigenvalue weighted by Crippen LogP contribution is 2.38. The molecule has 0 bridgehead atoms. The molecule has 2 aromatic carbocycles. The number of thiocarbonyl (C=S) groups is 1. The Balaban J connectivity index is 1.54. The largest absolute Gasteiger partial charge is 0.377 e. The van der Waals surface area contributed by atoms with Gasteiger partial charge in [0, 0.05) is 35.8 Å². The predicted molar refractivity (Wildman–Crippen MR) is 144 cm³/mol. The Labute approximate surface area is 210 Å². The highest BCUT2D eigenvalue weighted by atomic mass is 32.3. The average Bonchev–Trinajstić information content (AvgIpc) is 2.80. The van der Waals surface area contributed by atoms with Gasteiger partial charge >= 0.3 is 0 Å². The Kier molecular flexibility index (Phi) is 7.82. The number of nitrogens with one attached hydrogen (secondary N) is 2. The van der Waals surface area contributed by atoms with E-state index >= 15 is 0 Å². The molecule has 2 heterocycles. The molecule has 3 aromatic rings. The van der Waals surface area contributed by atoms with Gasteiger partial charge in [0.25, 0.3) is 0 Å². The van der Waals surface area contributed by atoms with E-state index in [1.807, 2.05) is 30.3 Å². The number of nitrogens with zero attached hydrogens (tertiary/aromatic N) is 3. The second kappa shape index (κ2) is 10.8. The lowest BCUT2D eigenvalue weighted by Gasteiger charge is -2.35. The van der Waals surface area contributed by atoms with Crippen LogP contribution in [0.1, 0.15) is 12.6 Å². The van der Waals surface area contributed by atoms with Crippen molar-refractivity contribution in [3.63, 3.8) is 0 Å². The molecule has 11 heteroatoms. The molecule has 1 saturated heterocycles. The third kappa shape index (κ3) is 7.09. The van der Waals surface area contributed by atoms with Crippen molar-refractivity contribution in [3.05, 3.63) is 66.1 Å². The van der Waals surface area contributed by atoms with Gasteiger partial charge in [-0.15, -0.1) is 0 Å². The fourth-order valence-electron chi connectivity index (χ4n) is 3.71. The number of hydrogen-bond donors (Lipinski definition) is 4. The minimum atomic E-state index is -2.77. The van der Waals surface area contributed by atoms with Crippen molar-refractivity contribution in [2.75, 3.05) is 41.5 Å². The van der Waals surface area contributed by atoms with Gasteiger partial charge in [-0.2, -0.15) is 10.6 Å². The van der Waals surface area contributed by atoms with Crippen molar-refractivity contribution in [1.82, 2.24) is 9.97 Å². The van der Waals surface area contributed by atoms with Crippen LogP contribution < -0.4 is 15.5 Å². The zero-order valence-electron chi connectivity index (χ0n) is 19.4. The van der Waals surface area contributed by atoms with Gasteiger partial charge < -0.3 is 20.3 Å². The lowest BCUT2D eigenvalue weighted by Crippen LogP contribution is -2.44. The lowest BCUT2D eigenvalue weighted by atomic mass is 10.2. The molecule has 1 aliphatic heterocycles. The third-order valence-corrected chi connectivity index (χ3v) is 6.40. The van der Waals surface area contributed by atoms with Crippen LogP contribution in [0.15, 0.2) is 54.6 Å². The Bertz CT molecular complexity index is 1170. The molecule has 35 heavy (non-hydrogen) atoms. The van der Waals surface area contributed by atoms with Gasteiger partial charge in [-0.25, -0.2) is 14.4 Å². The minimum absolute atomic E-state index is 0.0528. The number of anilines is 3. The molecule has 1 fully saturated rings. The normalized spacial score (nSPS) is 16.6. The molecule has 4 rings (SSSR count). The van der Waals surface area contributed by atoms with Crippen LogP contribution in [0.5, 0.6) is 0 Å². The van der Waals surface area contributed by atoms with E-state index in [4.69, 9.17) is 21.9 Å². The van der Waals surface area contributed by atoms with Crippen LogP contribution in [0.2, 0.25) is 0 Å². The Morgan fingerprint density at radius 1 is 1.11 bits per heavy atom. The number of morpholine rings is 1. The van der Waals surface area contributed by atoms with E-state index in [-0.39, 0.29) is 17.6 Å². The summed E-state index contributed by atoms with van der Waals surface area (Å²) in [5.41, 5.74) is 2.79. The van der Waals surface area contributed by atoms with Gasteiger partial charge in [0.15, 0.2) is 10.9 Å². The van der Waals surface area contributed by atoms with E-state index in [1.165, 1.54) is 18.4 Å². The van der Waals surface area contributed by atoms with Gasteiger partial charge in [-0.1, -0.05) is 0 Å². The monoisotopic (exact) mass is 517 g/mol. The highest BCUT2D eigenvalue weighted by molar-refractivity contribution is 8.23. The SMILES string of the molecule is C[C@H]1COCCN1c1cc(CS(C)(O)O)nc(-c2ccc(NC(=S)Nc3ccc(F)cc3)cc2)n1. The maximum atomic E-state index is 13.1. The van der Waals surface area contributed by atoms with Crippen LogP contribution in [-0.4, -0.2) is 56.2 Å². The van der Waals surface area contributed by atoms with Crippen molar-refractivity contribution in [2.24, 2.45) is 0 Å². The quantitative estimate of drug-likeness (QED) is 0.329. The number of ether oxygens (including phenoxy) is 1. The van der Waals surface area contributed by atoms with Crippen LogP contribution in [0.3, 0.4) is 0 Å². The van der Waals surface area contributed by atoms with E-state index in [0.29, 0.717) is 42.1 Å². The molecular formula is C24H28FN5O3S2. The summed E-state index contributed by atoms with van der Waals surface area (Å²) < 4.78 is 38.7.